The van der Waals surface area contributed by atoms with Crippen molar-refractivity contribution < 1.29 is 4.39 Å². The molecule has 0 aliphatic carbocycles. The van der Waals surface area contributed by atoms with E-state index in [4.69, 9.17) is 0 Å². The maximum absolute atomic E-state index is 13.5. The summed E-state index contributed by atoms with van der Waals surface area (Å²) in [5.41, 5.74) is 6.92. The Bertz CT molecular complexity index is 1640. The molecule has 1 atom stereocenters. The number of fused-ring (bicyclic) bond motifs is 1. The number of benzene rings is 3. The summed E-state index contributed by atoms with van der Waals surface area (Å²) in [4.78, 5) is 18.6. The largest absolute Gasteiger partial charge is 0.322 e. The molecule has 0 unspecified atom stereocenters. The maximum Gasteiger partial charge on any atom is 0.252 e. The number of aromatic nitrogens is 5. The average Bonchev–Trinajstić information content (AvgIpc) is 3.35. The van der Waals surface area contributed by atoms with Gasteiger partial charge in [0.25, 0.3) is 5.56 Å². The van der Waals surface area contributed by atoms with Crippen molar-refractivity contribution in [3.05, 3.63) is 122 Å². The van der Waals surface area contributed by atoms with Gasteiger partial charge in [-0.3, -0.25) is 9.69 Å². The lowest BCUT2D eigenvalue weighted by molar-refractivity contribution is 0.161. The molecule has 1 N–H and O–H groups in total. The highest BCUT2D eigenvalue weighted by Gasteiger charge is 2.26. The van der Waals surface area contributed by atoms with Crippen LogP contribution in [-0.4, -0.2) is 30.1 Å². The molecule has 3 aromatic carbocycles. The third-order valence-corrected chi connectivity index (χ3v) is 7.20. The number of aryl methyl sites for hydroxylation is 3. The van der Waals surface area contributed by atoms with Crippen LogP contribution in [0.4, 0.5) is 4.39 Å². The molecule has 2 aromatic heterocycles. The molecular weight excluding hydrogens is 491 g/mol. The van der Waals surface area contributed by atoms with Crippen molar-refractivity contribution in [1.29, 1.82) is 0 Å². The van der Waals surface area contributed by atoms with Gasteiger partial charge in [0.05, 0.1) is 12.6 Å². The molecule has 0 aliphatic heterocycles. The molecule has 39 heavy (non-hydrogen) atoms. The minimum Gasteiger partial charge on any atom is -0.322 e. The van der Waals surface area contributed by atoms with Gasteiger partial charge in [-0.2, -0.15) is 0 Å². The maximum atomic E-state index is 13.5. The summed E-state index contributed by atoms with van der Waals surface area (Å²) in [6.45, 7) is 9.73. The van der Waals surface area contributed by atoms with Crippen LogP contribution in [0.5, 0.6) is 0 Å². The summed E-state index contributed by atoms with van der Waals surface area (Å²) in [6.07, 6.45) is 0.735. The number of nitrogens with zero attached hydrogens (tertiary/aromatic N) is 5. The Morgan fingerprint density at radius 2 is 1.64 bits per heavy atom. The van der Waals surface area contributed by atoms with Gasteiger partial charge in [-0.25, -0.2) is 9.07 Å². The van der Waals surface area contributed by atoms with Gasteiger partial charge in [-0.05, 0) is 84.1 Å². The quantitative estimate of drug-likeness (QED) is 0.264. The van der Waals surface area contributed by atoms with E-state index >= 15 is 0 Å². The standard InChI is InChI=1S/C31H33FN6O/c1-5-29(30-34-35-36-38(30)18-24-10-12-26(32)13-11-24)37(17-23-8-6-20(2)7-9-23)19-25-16-27-22(4)14-21(3)15-28(27)33-31(25)39/h6-16,29H,5,17-19H2,1-4H3,(H,33,39)/t29-/m0/s1. The second-order valence-electron chi connectivity index (χ2n) is 10.3. The van der Waals surface area contributed by atoms with Crippen molar-refractivity contribution >= 4 is 10.9 Å². The van der Waals surface area contributed by atoms with Gasteiger partial charge >= 0.3 is 0 Å². The van der Waals surface area contributed by atoms with E-state index in [2.05, 4.69) is 76.5 Å². The second kappa shape index (κ2) is 11.3. The van der Waals surface area contributed by atoms with Crippen LogP contribution < -0.4 is 5.56 Å². The Labute approximate surface area is 227 Å². The number of hydrogen-bond donors (Lipinski definition) is 1. The molecule has 0 amide bonds. The number of halogens is 1. The minimum atomic E-state index is -0.280. The van der Waals surface area contributed by atoms with E-state index in [1.807, 2.05) is 19.1 Å². The van der Waals surface area contributed by atoms with Crippen molar-refractivity contribution in [3.63, 3.8) is 0 Å². The third kappa shape index (κ3) is 5.96. The molecule has 7 nitrogen and oxygen atoms in total. The molecule has 5 aromatic rings. The fraction of sp³-hybridized carbons (Fsp3) is 0.290. The van der Waals surface area contributed by atoms with E-state index in [0.717, 1.165) is 39.6 Å². The molecule has 2 heterocycles. The van der Waals surface area contributed by atoms with Crippen LogP contribution in [-0.2, 0) is 19.6 Å². The van der Waals surface area contributed by atoms with Crippen LogP contribution in [0, 0.1) is 26.6 Å². The summed E-state index contributed by atoms with van der Waals surface area (Å²) in [6, 6.07) is 20.8. The fourth-order valence-electron chi connectivity index (χ4n) is 5.19. The number of rotatable bonds is 9. The van der Waals surface area contributed by atoms with Crippen LogP contribution >= 0.6 is 0 Å². The molecule has 0 radical (unpaired) electrons. The van der Waals surface area contributed by atoms with Gasteiger partial charge in [0.2, 0.25) is 0 Å². The highest BCUT2D eigenvalue weighted by atomic mass is 19.1. The Morgan fingerprint density at radius 1 is 0.923 bits per heavy atom. The molecule has 200 valence electrons. The van der Waals surface area contributed by atoms with Crippen LogP contribution in [0.2, 0.25) is 0 Å². The molecule has 0 saturated carbocycles. The Morgan fingerprint density at radius 3 is 2.36 bits per heavy atom. The Balaban J connectivity index is 1.53. The average molecular weight is 525 g/mol. The van der Waals surface area contributed by atoms with E-state index in [0.29, 0.717) is 31.0 Å². The van der Waals surface area contributed by atoms with E-state index in [9.17, 15) is 9.18 Å². The van der Waals surface area contributed by atoms with Gasteiger partial charge in [0.15, 0.2) is 5.82 Å². The number of H-pyrrole nitrogens is 1. The number of hydrogen-bond acceptors (Lipinski definition) is 5. The summed E-state index contributed by atoms with van der Waals surface area (Å²) in [5.74, 6) is 0.426. The van der Waals surface area contributed by atoms with E-state index in [-0.39, 0.29) is 17.4 Å². The first-order valence-electron chi connectivity index (χ1n) is 13.2. The van der Waals surface area contributed by atoms with E-state index in [1.165, 1.54) is 17.7 Å². The first-order valence-corrected chi connectivity index (χ1v) is 13.2. The zero-order valence-corrected chi connectivity index (χ0v) is 22.8. The number of aromatic amines is 1. The normalized spacial score (nSPS) is 12.4. The fourth-order valence-corrected chi connectivity index (χ4v) is 5.19. The zero-order chi connectivity index (χ0) is 27.5. The molecule has 0 saturated heterocycles. The Hall–Kier alpha value is -4.17. The van der Waals surface area contributed by atoms with Gasteiger partial charge in [0, 0.05) is 29.6 Å². The number of pyridine rings is 1. The van der Waals surface area contributed by atoms with E-state index in [1.54, 1.807) is 16.8 Å². The molecule has 8 heteroatoms. The van der Waals surface area contributed by atoms with Gasteiger partial charge in [0.1, 0.15) is 5.82 Å². The van der Waals surface area contributed by atoms with Crippen LogP contribution in [0.25, 0.3) is 10.9 Å². The second-order valence-corrected chi connectivity index (χ2v) is 10.3. The van der Waals surface area contributed by atoms with Crippen LogP contribution in [0.3, 0.4) is 0 Å². The van der Waals surface area contributed by atoms with Gasteiger partial charge in [-0.15, -0.1) is 5.10 Å². The first-order chi connectivity index (χ1) is 18.8. The van der Waals surface area contributed by atoms with Gasteiger partial charge < -0.3 is 4.98 Å². The smallest absolute Gasteiger partial charge is 0.252 e. The van der Waals surface area contributed by atoms with Crippen molar-refractivity contribution in [2.75, 3.05) is 0 Å². The molecule has 0 fully saturated rings. The lowest BCUT2D eigenvalue weighted by atomic mass is 10.0. The predicted molar refractivity (Wildman–Crippen MR) is 151 cm³/mol. The van der Waals surface area contributed by atoms with Crippen LogP contribution in [0.1, 0.15) is 58.6 Å². The molecular formula is C31H33FN6O. The van der Waals surface area contributed by atoms with Crippen molar-refractivity contribution in [2.45, 2.75) is 59.8 Å². The summed E-state index contributed by atoms with van der Waals surface area (Å²) in [5, 5.41) is 13.7. The van der Waals surface area contributed by atoms with Crippen molar-refractivity contribution in [1.82, 2.24) is 30.1 Å². The summed E-state index contributed by atoms with van der Waals surface area (Å²) >= 11 is 0. The minimum absolute atomic E-state index is 0.0952. The SMILES string of the molecule is CC[C@@H](c1nnnn1Cc1ccc(F)cc1)N(Cc1ccc(C)cc1)Cc1cc2c(C)cc(C)cc2[nH]c1=O. The van der Waals surface area contributed by atoms with Crippen molar-refractivity contribution in [3.8, 4) is 0 Å². The molecule has 0 aliphatic rings. The molecule has 5 rings (SSSR count). The molecule has 0 spiro atoms. The third-order valence-electron chi connectivity index (χ3n) is 7.20. The highest BCUT2D eigenvalue weighted by Crippen LogP contribution is 2.27. The van der Waals surface area contributed by atoms with Crippen molar-refractivity contribution in [2.24, 2.45) is 0 Å². The zero-order valence-electron chi connectivity index (χ0n) is 22.8. The molecule has 0 bridgehead atoms. The number of tetrazole rings is 1. The van der Waals surface area contributed by atoms with E-state index < -0.39 is 0 Å². The Kier molecular flexibility index (Phi) is 7.65. The monoisotopic (exact) mass is 524 g/mol. The summed E-state index contributed by atoms with van der Waals surface area (Å²) < 4.78 is 15.2. The summed E-state index contributed by atoms with van der Waals surface area (Å²) in [7, 11) is 0. The predicted octanol–water partition coefficient (Wildman–Crippen LogP) is 5.78. The highest BCUT2D eigenvalue weighted by molar-refractivity contribution is 5.83. The van der Waals surface area contributed by atoms with Gasteiger partial charge in [-0.1, -0.05) is 55.0 Å². The topological polar surface area (TPSA) is 79.7 Å². The number of nitrogens with one attached hydrogen (secondary N) is 1. The lowest BCUT2D eigenvalue weighted by Crippen LogP contribution is -2.32. The van der Waals surface area contributed by atoms with Crippen LogP contribution in [0.15, 0.2) is 71.5 Å². The lowest BCUT2D eigenvalue weighted by Gasteiger charge is -2.30. The first kappa shape index (κ1) is 26.4.